The fourth-order valence-electron chi connectivity index (χ4n) is 5.18. The lowest BCUT2D eigenvalue weighted by Crippen LogP contribution is -2.18. The van der Waals surface area contributed by atoms with Crippen molar-refractivity contribution in [1.29, 1.82) is 0 Å². The number of hydrogen-bond acceptors (Lipinski definition) is 7. The summed E-state index contributed by atoms with van der Waals surface area (Å²) in [6.45, 7) is 0. The maximum absolute atomic E-state index is 12.8. The lowest BCUT2D eigenvalue weighted by atomic mass is 9.87. The van der Waals surface area contributed by atoms with Gasteiger partial charge in [0.25, 0.3) is 5.91 Å². The number of nitrogens with one attached hydrogen (secondary N) is 1. The summed E-state index contributed by atoms with van der Waals surface area (Å²) in [7, 11) is 0. The van der Waals surface area contributed by atoms with Crippen LogP contribution in [0, 0.1) is 0 Å². The third kappa shape index (κ3) is 4.30. The number of thiazole rings is 1. The fraction of sp³-hybridized carbons (Fsp3) is 0.385. The third-order valence-electron chi connectivity index (χ3n) is 7.15. The van der Waals surface area contributed by atoms with E-state index in [9.17, 15) is 9.90 Å². The Kier molecular flexibility index (Phi) is 5.74. The second kappa shape index (κ2) is 9.05. The van der Waals surface area contributed by atoms with E-state index in [0.717, 1.165) is 66.8 Å². The number of hydrogen-bond donors (Lipinski definition) is 3. The summed E-state index contributed by atoms with van der Waals surface area (Å²) in [6.07, 6.45) is 11.3. The molecule has 1 fully saturated rings. The molecule has 1 aromatic carbocycles. The molecule has 1 saturated carbocycles. The van der Waals surface area contributed by atoms with Gasteiger partial charge >= 0.3 is 0 Å². The molecule has 180 valence electrons. The molecule has 4 aromatic rings. The lowest BCUT2D eigenvalue weighted by Gasteiger charge is -2.24. The summed E-state index contributed by atoms with van der Waals surface area (Å²) in [6, 6.07) is 7.39. The van der Waals surface area contributed by atoms with Crippen LogP contribution in [-0.4, -0.2) is 36.5 Å². The molecule has 2 aliphatic rings. The molecular weight excluding hydrogens is 460 g/mol. The van der Waals surface area contributed by atoms with Gasteiger partial charge in [0.05, 0.1) is 23.7 Å². The van der Waals surface area contributed by atoms with Crippen molar-refractivity contribution in [1.82, 2.24) is 19.4 Å². The molecule has 9 heteroatoms. The molecular formula is C26H28N6O2S. The molecule has 0 saturated heterocycles. The number of aromatic nitrogens is 4. The minimum atomic E-state index is -0.212. The highest BCUT2D eigenvalue weighted by Gasteiger charge is 2.25. The van der Waals surface area contributed by atoms with E-state index in [1.54, 1.807) is 29.7 Å². The molecule has 35 heavy (non-hydrogen) atoms. The Balaban J connectivity index is 1.23. The van der Waals surface area contributed by atoms with Crippen molar-refractivity contribution in [2.75, 3.05) is 11.1 Å². The Hall–Kier alpha value is -3.30. The summed E-state index contributed by atoms with van der Waals surface area (Å²) in [5, 5.41) is 13.5. The third-order valence-corrected chi connectivity index (χ3v) is 8.22. The molecule has 8 nitrogen and oxygen atoms in total. The van der Waals surface area contributed by atoms with Crippen molar-refractivity contribution in [3.63, 3.8) is 0 Å². The molecule has 4 N–H and O–H groups in total. The molecule has 3 aromatic heterocycles. The van der Waals surface area contributed by atoms with Gasteiger partial charge in [-0.1, -0.05) is 12.1 Å². The maximum Gasteiger partial charge on any atom is 0.257 e. The zero-order valence-corrected chi connectivity index (χ0v) is 20.2. The zero-order chi connectivity index (χ0) is 23.9. The molecule has 2 aliphatic carbocycles. The van der Waals surface area contributed by atoms with Crippen molar-refractivity contribution >= 4 is 33.7 Å². The van der Waals surface area contributed by atoms with Crippen LogP contribution in [0.2, 0.25) is 0 Å². The van der Waals surface area contributed by atoms with E-state index in [1.807, 2.05) is 22.7 Å². The molecule has 0 radical (unpaired) electrons. The zero-order valence-electron chi connectivity index (χ0n) is 19.4. The number of aliphatic hydroxyl groups is 1. The van der Waals surface area contributed by atoms with E-state index in [2.05, 4.69) is 20.3 Å². The largest absolute Gasteiger partial charge is 0.393 e. The van der Waals surface area contributed by atoms with Gasteiger partial charge in [-0.3, -0.25) is 14.5 Å². The molecule has 0 bridgehead atoms. The van der Waals surface area contributed by atoms with Gasteiger partial charge in [0.15, 0.2) is 5.13 Å². The van der Waals surface area contributed by atoms with Crippen LogP contribution in [0.3, 0.4) is 0 Å². The predicted octanol–water partition coefficient (Wildman–Crippen LogP) is 4.58. The number of aryl methyl sites for hydroxylation is 2. The van der Waals surface area contributed by atoms with Gasteiger partial charge in [-0.15, -0.1) is 11.3 Å². The van der Waals surface area contributed by atoms with Crippen molar-refractivity contribution in [2.45, 2.75) is 63.4 Å². The number of nitrogens with zero attached hydrogens (tertiary/aromatic N) is 4. The molecule has 0 unspecified atom stereocenters. The second-order valence-electron chi connectivity index (χ2n) is 9.52. The number of benzene rings is 1. The van der Waals surface area contributed by atoms with Crippen LogP contribution in [0.15, 0.2) is 36.7 Å². The van der Waals surface area contributed by atoms with Crippen molar-refractivity contribution < 1.29 is 9.90 Å². The number of imidazole rings is 1. The summed E-state index contributed by atoms with van der Waals surface area (Å²) in [5.41, 5.74) is 10.4. The topological polar surface area (TPSA) is 118 Å². The first-order valence-corrected chi connectivity index (χ1v) is 13.1. The first kappa shape index (κ1) is 22.2. The van der Waals surface area contributed by atoms with Gasteiger partial charge in [-0.25, -0.2) is 15.0 Å². The minimum Gasteiger partial charge on any atom is -0.393 e. The summed E-state index contributed by atoms with van der Waals surface area (Å²) < 4.78 is 2.03. The van der Waals surface area contributed by atoms with E-state index in [-0.39, 0.29) is 17.9 Å². The smallest absolute Gasteiger partial charge is 0.257 e. The highest BCUT2D eigenvalue weighted by molar-refractivity contribution is 7.15. The normalized spacial score (nSPS) is 20.0. The number of carbonyl (C=O) groups is 1. The minimum absolute atomic E-state index is 0.165. The fourth-order valence-corrected chi connectivity index (χ4v) is 6.23. The first-order valence-electron chi connectivity index (χ1n) is 12.3. The highest BCUT2D eigenvalue weighted by atomic mass is 32.1. The van der Waals surface area contributed by atoms with Gasteiger partial charge in [-0.05, 0) is 63.5 Å². The van der Waals surface area contributed by atoms with Gasteiger partial charge in [0, 0.05) is 28.1 Å². The van der Waals surface area contributed by atoms with Crippen LogP contribution in [0.5, 0.6) is 0 Å². The standard InChI is InChI=1S/C26H28N6O2S/c27-23-21-13-28-24(16-9-11-18(33)12-10-16)32(21)14-20(29-23)15-5-7-17(8-6-15)25(34)31-26-30-19-3-1-2-4-22(19)35-26/h5-8,13-14,16,18,33H,1-4,9-12H2,(H2,27,29)(H,30,31,34)/t16-,18-. The summed E-state index contributed by atoms with van der Waals surface area (Å²) >= 11 is 1.59. The van der Waals surface area contributed by atoms with Crippen molar-refractivity contribution in [3.8, 4) is 11.3 Å². The van der Waals surface area contributed by atoms with Crippen molar-refractivity contribution in [2.24, 2.45) is 0 Å². The molecule has 0 atom stereocenters. The molecule has 0 spiro atoms. The van der Waals surface area contributed by atoms with E-state index < -0.39 is 0 Å². The molecule has 1 amide bonds. The monoisotopic (exact) mass is 488 g/mol. The maximum atomic E-state index is 12.8. The summed E-state index contributed by atoms with van der Waals surface area (Å²) in [5.74, 6) is 1.51. The van der Waals surface area contributed by atoms with Gasteiger partial charge < -0.3 is 10.8 Å². The number of fused-ring (bicyclic) bond motifs is 2. The van der Waals surface area contributed by atoms with Crippen LogP contribution in [-0.2, 0) is 12.8 Å². The Bertz CT molecular complexity index is 1360. The number of anilines is 2. The second-order valence-corrected chi connectivity index (χ2v) is 10.6. The molecule has 3 heterocycles. The van der Waals surface area contributed by atoms with Crippen molar-refractivity contribution in [3.05, 3.63) is 58.6 Å². The van der Waals surface area contributed by atoms with Gasteiger partial charge in [-0.2, -0.15) is 0 Å². The average molecular weight is 489 g/mol. The van der Waals surface area contributed by atoms with Crippen LogP contribution in [0.25, 0.3) is 16.8 Å². The number of rotatable bonds is 4. The van der Waals surface area contributed by atoms with E-state index in [1.165, 1.54) is 17.7 Å². The highest BCUT2D eigenvalue weighted by Crippen LogP contribution is 2.34. The van der Waals surface area contributed by atoms with Crippen LogP contribution in [0.1, 0.15) is 71.2 Å². The number of nitrogens with two attached hydrogens (primary N) is 1. The van der Waals surface area contributed by atoms with Gasteiger partial charge in [0.2, 0.25) is 0 Å². The number of nitrogen functional groups attached to an aromatic ring is 1. The van der Waals surface area contributed by atoms with E-state index in [0.29, 0.717) is 16.5 Å². The van der Waals surface area contributed by atoms with Crippen LogP contribution < -0.4 is 11.1 Å². The van der Waals surface area contributed by atoms with E-state index >= 15 is 0 Å². The Labute approximate surface area is 207 Å². The Morgan fingerprint density at radius 2 is 1.86 bits per heavy atom. The number of carbonyl (C=O) groups excluding carboxylic acids is 1. The first-order chi connectivity index (χ1) is 17.0. The quantitative estimate of drug-likeness (QED) is 0.387. The number of amides is 1. The Morgan fingerprint density at radius 3 is 2.63 bits per heavy atom. The van der Waals surface area contributed by atoms with E-state index in [4.69, 9.17) is 5.73 Å². The SMILES string of the molecule is Nc1nc(-c2ccc(C(=O)Nc3nc4c(s3)CCCC4)cc2)cn2c1cnc2[C@H]1CC[C@H](O)CC1. The Morgan fingerprint density at radius 1 is 1.09 bits per heavy atom. The van der Waals surface area contributed by atoms with Crippen LogP contribution >= 0.6 is 11.3 Å². The molecule has 6 rings (SSSR count). The molecule has 0 aliphatic heterocycles. The van der Waals surface area contributed by atoms with Crippen LogP contribution in [0.4, 0.5) is 10.9 Å². The predicted molar refractivity (Wildman–Crippen MR) is 137 cm³/mol. The lowest BCUT2D eigenvalue weighted by molar-refractivity contribution is 0.102. The summed E-state index contributed by atoms with van der Waals surface area (Å²) in [4.78, 5) is 27.9. The number of aliphatic hydroxyl groups excluding tert-OH is 1. The average Bonchev–Trinajstić information content (AvgIpc) is 3.48. The van der Waals surface area contributed by atoms with Gasteiger partial charge in [0.1, 0.15) is 17.2 Å².